The average molecular weight is 445 g/mol. The molecule has 0 heterocycles. The van der Waals surface area contributed by atoms with Crippen LogP contribution < -0.4 is 33.2 Å². The summed E-state index contributed by atoms with van der Waals surface area (Å²) in [5.74, 6) is -4.89. The fourth-order valence-electron chi connectivity index (χ4n) is 2.26. The topological polar surface area (TPSA) is 252 Å². The molecule has 4 unspecified atom stereocenters. The Morgan fingerprint density at radius 3 is 1.87 bits per heavy atom. The van der Waals surface area contributed by atoms with Gasteiger partial charge in [0, 0.05) is 13.0 Å². The molecular weight excluding hydrogens is 414 g/mol. The highest BCUT2D eigenvalue weighted by Crippen LogP contribution is 2.04. The van der Waals surface area contributed by atoms with Gasteiger partial charge in [-0.2, -0.15) is 0 Å². The number of rotatable bonds is 14. The van der Waals surface area contributed by atoms with Crippen molar-refractivity contribution in [3.05, 3.63) is 0 Å². The van der Waals surface area contributed by atoms with E-state index in [1.807, 2.05) is 0 Å². The minimum absolute atomic E-state index is 0.0492. The summed E-state index contributed by atoms with van der Waals surface area (Å²) in [6.45, 7) is 2.78. The molecule has 3 amide bonds. The normalized spacial score (nSPS) is 14.3. The van der Waals surface area contributed by atoms with Crippen LogP contribution in [0.25, 0.3) is 0 Å². The molecule has 0 bridgehead atoms. The van der Waals surface area contributed by atoms with Gasteiger partial charge in [-0.3, -0.25) is 29.0 Å². The molecule has 4 atom stereocenters. The second kappa shape index (κ2) is 13.7. The van der Waals surface area contributed by atoms with Crippen LogP contribution in [0.3, 0.4) is 0 Å². The Balaban J connectivity index is 5.38. The second-order valence-electron chi connectivity index (χ2n) is 6.86. The van der Waals surface area contributed by atoms with Crippen LogP contribution in [0, 0.1) is 0 Å². The molecule has 14 heteroatoms. The molecule has 0 aliphatic carbocycles. The highest BCUT2D eigenvalue weighted by molar-refractivity contribution is 5.94. The molecule has 0 fully saturated rings. The van der Waals surface area contributed by atoms with Gasteiger partial charge in [0.15, 0.2) is 5.96 Å². The molecule has 176 valence electrons. The molecule has 0 rings (SSSR count). The number of amides is 3. The third kappa shape index (κ3) is 12.0. The molecule has 0 aliphatic heterocycles. The zero-order valence-electron chi connectivity index (χ0n) is 17.5. The first-order valence-corrected chi connectivity index (χ1v) is 9.51. The van der Waals surface area contributed by atoms with Crippen molar-refractivity contribution < 1.29 is 34.2 Å². The molecule has 0 saturated heterocycles. The summed E-state index contributed by atoms with van der Waals surface area (Å²) in [4.78, 5) is 62.6. The van der Waals surface area contributed by atoms with Gasteiger partial charge in [0.05, 0.1) is 6.04 Å². The SMILES string of the molecule is CC(N)C(=O)NC(CCC(=O)O)C(=O)NC(CCCN=C(N)N)C(=O)NC(C)C(=O)O. The molecule has 0 aromatic rings. The second-order valence-corrected chi connectivity index (χ2v) is 6.86. The highest BCUT2D eigenvalue weighted by atomic mass is 16.4. The number of nitrogens with one attached hydrogen (secondary N) is 3. The summed E-state index contributed by atoms with van der Waals surface area (Å²) in [6, 6.07) is -4.61. The summed E-state index contributed by atoms with van der Waals surface area (Å²) in [7, 11) is 0. The number of aliphatic imine (C=N–C) groups is 1. The number of hydrogen-bond donors (Lipinski definition) is 8. The van der Waals surface area contributed by atoms with Gasteiger partial charge in [-0.25, -0.2) is 0 Å². The van der Waals surface area contributed by atoms with Crippen molar-refractivity contribution in [3.63, 3.8) is 0 Å². The van der Waals surface area contributed by atoms with E-state index < -0.39 is 60.2 Å². The standard InChI is InChI=1S/C17H31N7O7/c1-8(18)13(27)23-11(5-6-12(25)26)15(29)24-10(4-3-7-21-17(19)20)14(28)22-9(2)16(30)31/h8-11H,3-7,18H2,1-2H3,(H,22,28)(H,23,27)(H,24,29)(H,25,26)(H,30,31)(H4,19,20,21). The Morgan fingerprint density at radius 1 is 0.871 bits per heavy atom. The van der Waals surface area contributed by atoms with Gasteiger partial charge in [0.1, 0.15) is 18.1 Å². The Hall–Kier alpha value is -3.42. The van der Waals surface area contributed by atoms with Gasteiger partial charge in [-0.15, -0.1) is 0 Å². The fraction of sp³-hybridized carbons (Fsp3) is 0.647. The maximum absolute atomic E-state index is 12.7. The minimum atomic E-state index is -1.28. The number of aliphatic carboxylic acids is 2. The third-order valence-corrected chi connectivity index (χ3v) is 4.00. The van der Waals surface area contributed by atoms with Crippen LogP contribution in [-0.4, -0.2) is 76.5 Å². The monoisotopic (exact) mass is 445 g/mol. The summed E-state index contributed by atoms with van der Waals surface area (Å²) >= 11 is 0. The number of carboxylic acids is 2. The van der Waals surface area contributed by atoms with Crippen LogP contribution in [0.1, 0.15) is 39.5 Å². The van der Waals surface area contributed by atoms with E-state index in [0.717, 1.165) is 0 Å². The summed E-state index contributed by atoms with van der Waals surface area (Å²) in [6.07, 6.45) is -0.348. The fourth-order valence-corrected chi connectivity index (χ4v) is 2.26. The van der Waals surface area contributed by atoms with Crippen molar-refractivity contribution in [2.75, 3.05) is 6.54 Å². The van der Waals surface area contributed by atoms with E-state index in [0.29, 0.717) is 0 Å². The van der Waals surface area contributed by atoms with Gasteiger partial charge in [-0.05, 0) is 33.1 Å². The number of guanidine groups is 1. The highest BCUT2D eigenvalue weighted by Gasteiger charge is 2.29. The van der Waals surface area contributed by atoms with Gasteiger partial charge in [-0.1, -0.05) is 0 Å². The van der Waals surface area contributed by atoms with Gasteiger partial charge in [0.25, 0.3) is 0 Å². The first kappa shape index (κ1) is 27.6. The van der Waals surface area contributed by atoms with Gasteiger partial charge in [0.2, 0.25) is 17.7 Å². The van der Waals surface area contributed by atoms with Crippen molar-refractivity contribution >= 4 is 35.6 Å². The number of carboxylic acid groups (broad SMARTS) is 2. The average Bonchev–Trinajstić information content (AvgIpc) is 2.66. The lowest BCUT2D eigenvalue weighted by Gasteiger charge is -2.24. The maximum atomic E-state index is 12.7. The molecule has 0 aromatic heterocycles. The zero-order valence-corrected chi connectivity index (χ0v) is 17.5. The molecular formula is C17H31N7O7. The zero-order chi connectivity index (χ0) is 24.1. The molecule has 14 nitrogen and oxygen atoms in total. The van der Waals surface area contributed by atoms with E-state index in [1.54, 1.807) is 0 Å². The maximum Gasteiger partial charge on any atom is 0.325 e. The smallest absolute Gasteiger partial charge is 0.325 e. The predicted molar refractivity (Wildman–Crippen MR) is 110 cm³/mol. The lowest BCUT2D eigenvalue weighted by Crippen LogP contribution is -2.56. The number of carbonyl (C=O) groups excluding carboxylic acids is 3. The first-order valence-electron chi connectivity index (χ1n) is 9.51. The first-order chi connectivity index (χ1) is 14.3. The lowest BCUT2D eigenvalue weighted by atomic mass is 10.1. The van der Waals surface area contributed by atoms with Gasteiger partial charge >= 0.3 is 11.9 Å². The van der Waals surface area contributed by atoms with Crippen molar-refractivity contribution in [2.45, 2.75) is 63.7 Å². The number of hydrogen-bond acceptors (Lipinski definition) is 7. The summed E-state index contributed by atoms with van der Waals surface area (Å²) < 4.78 is 0. The van der Waals surface area contributed by atoms with E-state index in [1.165, 1.54) is 13.8 Å². The van der Waals surface area contributed by atoms with Crippen LogP contribution in [0.5, 0.6) is 0 Å². The van der Waals surface area contributed by atoms with Crippen molar-refractivity contribution in [3.8, 4) is 0 Å². The Labute approximate surface area is 179 Å². The van der Waals surface area contributed by atoms with Crippen molar-refractivity contribution in [1.82, 2.24) is 16.0 Å². The van der Waals surface area contributed by atoms with E-state index in [2.05, 4.69) is 20.9 Å². The van der Waals surface area contributed by atoms with E-state index in [4.69, 9.17) is 27.4 Å². The van der Waals surface area contributed by atoms with Crippen molar-refractivity contribution in [2.24, 2.45) is 22.2 Å². The lowest BCUT2D eigenvalue weighted by molar-refractivity contribution is -0.141. The quantitative estimate of drug-likeness (QED) is 0.0755. The molecule has 11 N–H and O–H groups in total. The van der Waals surface area contributed by atoms with Crippen LogP contribution in [-0.2, 0) is 24.0 Å². The van der Waals surface area contributed by atoms with Crippen LogP contribution in [0.15, 0.2) is 4.99 Å². The minimum Gasteiger partial charge on any atom is -0.481 e. The largest absolute Gasteiger partial charge is 0.481 e. The molecule has 31 heavy (non-hydrogen) atoms. The summed E-state index contributed by atoms with van der Waals surface area (Å²) in [5.41, 5.74) is 15.9. The van der Waals surface area contributed by atoms with E-state index >= 15 is 0 Å². The molecule has 0 spiro atoms. The Morgan fingerprint density at radius 2 is 1.39 bits per heavy atom. The van der Waals surface area contributed by atoms with E-state index in [9.17, 15) is 24.0 Å². The van der Waals surface area contributed by atoms with Crippen LogP contribution >= 0.6 is 0 Å². The summed E-state index contributed by atoms with van der Waals surface area (Å²) in [5, 5.41) is 24.8. The number of carbonyl (C=O) groups is 5. The van der Waals surface area contributed by atoms with Crippen LogP contribution in [0.2, 0.25) is 0 Å². The number of nitrogens with zero attached hydrogens (tertiary/aromatic N) is 1. The van der Waals surface area contributed by atoms with Gasteiger partial charge < -0.3 is 43.4 Å². The number of nitrogens with two attached hydrogens (primary N) is 3. The molecule has 0 radical (unpaired) electrons. The third-order valence-electron chi connectivity index (χ3n) is 4.00. The predicted octanol–water partition coefficient (Wildman–Crippen LogP) is -3.19. The van der Waals surface area contributed by atoms with Crippen molar-refractivity contribution in [1.29, 1.82) is 0 Å². The molecule has 0 aliphatic rings. The van der Waals surface area contributed by atoms with E-state index in [-0.39, 0.29) is 31.8 Å². The molecule has 0 aromatic carbocycles. The Kier molecular flexibility index (Phi) is 12.2. The molecule has 0 saturated carbocycles. The van der Waals surface area contributed by atoms with Crippen LogP contribution in [0.4, 0.5) is 0 Å². The Bertz CT molecular complexity index is 692.